The average molecular weight is 347 g/mol. The molecule has 7 heteroatoms. The van der Waals surface area contributed by atoms with Gasteiger partial charge in [0, 0.05) is 55.7 Å². The number of urea groups is 1. The number of rotatable bonds is 6. The lowest BCUT2D eigenvalue weighted by molar-refractivity contribution is 0.240. The second-order valence-corrected chi connectivity index (χ2v) is 7.66. The molecule has 0 bridgehead atoms. The topological polar surface area (TPSA) is 71.8 Å². The van der Waals surface area contributed by atoms with Crippen LogP contribution in [0.5, 0.6) is 0 Å². The van der Waals surface area contributed by atoms with Crippen LogP contribution >= 0.6 is 11.3 Å². The van der Waals surface area contributed by atoms with Gasteiger partial charge in [-0.3, -0.25) is 0 Å². The Balaban J connectivity index is 1.37. The summed E-state index contributed by atoms with van der Waals surface area (Å²) in [7, 11) is 0. The molecule has 0 saturated carbocycles. The second kappa shape index (κ2) is 7.79. The van der Waals surface area contributed by atoms with Crippen molar-refractivity contribution < 1.29 is 4.79 Å². The molecule has 2 aromatic rings. The first kappa shape index (κ1) is 17.0. The molecular formula is C17H25N5OS. The predicted molar refractivity (Wildman–Crippen MR) is 95.5 cm³/mol. The van der Waals surface area contributed by atoms with Crippen molar-refractivity contribution in [2.45, 2.75) is 52.0 Å². The molecule has 2 aromatic heterocycles. The number of thiazole rings is 1. The molecule has 0 aliphatic carbocycles. The molecule has 24 heavy (non-hydrogen) atoms. The lowest BCUT2D eigenvalue weighted by atomic mass is 10.2. The maximum absolute atomic E-state index is 11.9. The van der Waals surface area contributed by atoms with Gasteiger partial charge in [-0.25, -0.2) is 14.8 Å². The van der Waals surface area contributed by atoms with Crippen LogP contribution in [0.15, 0.2) is 12.4 Å². The molecule has 1 unspecified atom stereocenters. The minimum Gasteiger partial charge on any atom is -0.338 e. The maximum Gasteiger partial charge on any atom is 0.314 e. The summed E-state index contributed by atoms with van der Waals surface area (Å²) in [5.41, 5.74) is 1.07. The van der Waals surface area contributed by atoms with Gasteiger partial charge in [0.25, 0.3) is 0 Å². The van der Waals surface area contributed by atoms with E-state index in [1.165, 1.54) is 23.5 Å². The monoisotopic (exact) mass is 347 g/mol. The van der Waals surface area contributed by atoms with Crippen molar-refractivity contribution in [1.82, 2.24) is 25.2 Å². The van der Waals surface area contributed by atoms with E-state index in [2.05, 4.69) is 38.3 Å². The van der Waals surface area contributed by atoms with Gasteiger partial charge in [0.15, 0.2) is 0 Å². The highest BCUT2D eigenvalue weighted by molar-refractivity contribution is 7.11. The summed E-state index contributed by atoms with van der Waals surface area (Å²) in [6.45, 7) is 6.39. The zero-order valence-electron chi connectivity index (χ0n) is 14.3. The average Bonchev–Trinajstić information content (AvgIpc) is 3.18. The fourth-order valence-electron chi connectivity index (χ4n) is 2.89. The number of carbonyl (C=O) groups is 1. The highest BCUT2D eigenvalue weighted by Crippen LogP contribution is 2.20. The number of nitrogens with zero attached hydrogens (tertiary/aromatic N) is 3. The van der Waals surface area contributed by atoms with Crippen molar-refractivity contribution in [3.63, 3.8) is 0 Å². The van der Waals surface area contributed by atoms with Gasteiger partial charge < -0.3 is 15.2 Å². The molecule has 6 nitrogen and oxygen atoms in total. The molecule has 2 N–H and O–H groups in total. The number of hydrogen-bond acceptors (Lipinski definition) is 4. The lowest BCUT2D eigenvalue weighted by Gasteiger charge is -2.11. The van der Waals surface area contributed by atoms with Crippen molar-refractivity contribution in [2.24, 2.45) is 0 Å². The van der Waals surface area contributed by atoms with E-state index >= 15 is 0 Å². The van der Waals surface area contributed by atoms with Crippen molar-refractivity contribution in [3.05, 3.63) is 33.8 Å². The largest absolute Gasteiger partial charge is 0.338 e. The van der Waals surface area contributed by atoms with Crippen LogP contribution in [0.1, 0.15) is 47.1 Å². The molecule has 0 saturated heterocycles. The molecular weight excluding hydrogens is 322 g/mol. The minimum absolute atomic E-state index is 0.126. The third-order valence-electron chi connectivity index (χ3n) is 4.25. The lowest BCUT2D eigenvalue weighted by Crippen LogP contribution is -2.38. The molecule has 0 radical (unpaired) electrons. The molecule has 130 valence electrons. The van der Waals surface area contributed by atoms with E-state index in [0.29, 0.717) is 13.1 Å². The van der Waals surface area contributed by atoms with Gasteiger partial charge in [0.05, 0.1) is 10.7 Å². The summed E-state index contributed by atoms with van der Waals surface area (Å²) in [4.78, 5) is 22.1. The maximum atomic E-state index is 11.9. The number of hydrogen-bond donors (Lipinski definition) is 2. The molecule has 2 amide bonds. The third-order valence-corrected chi connectivity index (χ3v) is 5.40. The summed E-state index contributed by atoms with van der Waals surface area (Å²) < 4.78 is 2.25. The van der Waals surface area contributed by atoms with Crippen molar-refractivity contribution >= 4 is 17.4 Å². The van der Waals surface area contributed by atoms with Gasteiger partial charge >= 0.3 is 6.03 Å². The van der Waals surface area contributed by atoms with E-state index in [0.717, 1.165) is 30.1 Å². The Labute approximate surface area is 146 Å². The minimum atomic E-state index is -0.126. The number of aromatic nitrogens is 3. The van der Waals surface area contributed by atoms with Crippen LogP contribution in [-0.4, -0.2) is 33.7 Å². The molecule has 0 fully saturated rings. The van der Waals surface area contributed by atoms with E-state index in [1.807, 2.05) is 13.1 Å². The van der Waals surface area contributed by atoms with Crippen molar-refractivity contribution in [2.75, 3.05) is 13.1 Å². The van der Waals surface area contributed by atoms with Gasteiger partial charge in [-0.1, -0.05) is 6.92 Å². The molecule has 0 aromatic carbocycles. The quantitative estimate of drug-likeness (QED) is 0.844. The van der Waals surface area contributed by atoms with Gasteiger partial charge in [0.2, 0.25) is 0 Å². The van der Waals surface area contributed by atoms with Gasteiger partial charge in [0.1, 0.15) is 5.82 Å². The highest BCUT2D eigenvalue weighted by atomic mass is 32.1. The highest BCUT2D eigenvalue weighted by Gasteiger charge is 2.13. The fourth-order valence-corrected chi connectivity index (χ4v) is 3.72. The van der Waals surface area contributed by atoms with E-state index in [4.69, 9.17) is 0 Å². The summed E-state index contributed by atoms with van der Waals surface area (Å²) in [5.74, 6) is 1.42. The van der Waals surface area contributed by atoms with E-state index in [9.17, 15) is 4.79 Å². The third kappa shape index (κ3) is 4.35. The Morgan fingerprint density at radius 1 is 1.42 bits per heavy atom. The summed E-state index contributed by atoms with van der Waals surface area (Å²) in [6.07, 6.45) is 8.31. The summed E-state index contributed by atoms with van der Waals surface area (Å²) in [5, 5.41) is 6.89. The first-order valence-corrected chi connectivity index (χ1v) is 9.42. The smallest absolute Gasteiger partial charge is 0.314 e. The Hall–Kier alpha value is -1.89. The Kier molecular flexibility index (Phi) is 5.50. The number of nitrogens with one attached hydrogen (secondary N) is 2. The molecule has 0 spiro atoms. The number of aryl methyl sites for hydroxylation is 3. The second-order valence-electron chi connectivity index (χ2n) is 6.40. The number of carbonyl (C=O) groups excluding carboxylic acids is 1. The van der Waals surface area contributed by atoms with Crippen molar-refractivity contribution in [3.8, 4) is 0 Å². The Bertz CT molecular complexity index is 669. The van der Waals surface area contributed by atoms with Crippen LogP contribution in [0.3, 0.4) is 0 Å². The van der Waals surface area contributed by atoms with Crippen LogP contribution < -0.4 is 10.6 Å². The van der Waals surface area contributed by atoms with Gasteiger partial charge in [-0.15, -0.1) is 11.3 Å². The zero-order chi connectivity index (χ0) is 16.9. The van der Waals surface area contributed by atoms with Crippen LogP contribution in [0, 0.1) is 6.92 Å². The fraction of sp³-hybridized carbons (Fsp3) is 0.588. The molecule has 3 rings (SSSR count). The Morgan fingerprint density at radius 3 is 3.04 bits per heavy atom. The molecule has 1 aliphatic rings. The SMILES string of the molecule is Cc1cnc(C(C)CNC(=O)NCCc2cn3c(n2)CCCC3)s1. The Morgan fingerprint density at radius 2 is 2.29 bits per heavy atom. The normalized spacial score (nSPS) is 14.9. The van der Waals surface area contributed by atoms with Gasteiger partial charge in [-0.05, 0) is 19.8 Å². The summed E-state index contributed by atoms with van der Waals surface area (Å²) >= 11 is 1.68. The number of imidazole rings is 1. The first-order chi connectivity index (χ1) is 11.6. The first-order valence-electron chi connectivity index (χ1n) is 8.61. The van der Waals surface area contributed by atoms with E-state index in [1.54, 1.807) is 11.3 Å². The van der Waals surface area contributed by atoms with Crippen LogP contribution in [0.25, 0.3) is 0 Å². The van der Waals surface area contributed by atoms with E-state index < -0.39 is 0 Å². The van der Waals surface area contributed by atoms with Crippen molar-refractivity contribution in [1.29, 1.82) is 0 Å². The molecule has 3 heterocycles. The number of amides is 2. The van der Waals surface area contributed by atoms with Crippen LogP contribution in [-0.2, 0) is 19.4 Å². The zero-order valence-corrected chi connectivity index (χ0v) is 15.2. The number of fused-ring (bicyclic) bond motifs is 1. The summed E-state index contributed by atoms with van der Waals surface area (Å²) in [6, 6.07) is -0.126. The van der Waals surface area contributed by atoms with Gasteiger partial charge in [-0.2, -0.15) is 0 Å². The standard InChI is InChI=1S/C17H25N5OS/c1-12(16-19-10-13(2)24-16)9-20-17(23)18-7-6-14-11-22-8-4-3-5-15(22)21-14/h10-12H,3-9H2,1-2H3,(H2,18,20,23). The molecule has 1 atom stereocenters. The van der Waals surface area contributed by atoms with E-state index in [-0.39, 0.29) is 11.9 Å². The van der Waals surface area contributed by atoms with Crippen LogP contribution in [0.4, 0.5) is 4.79 Å². The van der Waals surface area contributed by atoms with Crippen LogP contribution in [0.2, 0.25) is 0 Å². The predicted octanol–water partition coefficient (Wildman–Crippen LogP) is 2.63. The molecule has 1 aliphatic heterocycles.